The van der Waals surface area contributed by atoms with Crippen LogP contribution in [0.15, 0.2) is 67.1 Å². The van der Waals surface area contributed by atoms with Gasteiger partial charge in [0.05, 0.1) is 18.1 Å². The van der Waals surface area contributed by atoms with E-state index in [1.807, 2.05) is 61.2 Å². The number of aromatic nitrogens is 4. The van der Waals surface area contributed by atoms with E-state index in [0.717, 1.165) is 54.9 Å². The van der Waals surface area contributed by atoms with Crippen LogP contribution in [0.25, 0.3) is 16.8 Å². The number of nitrogens with two attached hydrogens (primary N) is 1. The van der Waals surface area contributed by atoms with Crippen LogP contribution in [0.2, 0.25) is 0 Å². The highest BCUT2D eigenvalue weighted by Crippen LogP contribution is 2.50. The number of benzene rings is 1. The van der Waals surface area contributed by atoms with Crippen LogP contribution in [-0.2, 0) is 6.42 Å². The predicted octanol–water partition coefficient (Wildman–Crippen LogP) is 4.66. The van der Waals surface area contributed by atoms with Crippen LogP contribution in [0, 0.1) is 5.41 Å². The van der Waals surface area contributed by atoms with Gasteiger partial charge in [-0.05, 0) is 42.4 Å². The van der Waals surface area contributed by atoms with Gasteiger partial charge in [0.25, 0.3) is 0 Å². The second-order valence-corrected chi connectivity index (χ2v) is 8.50. The summed E-state index contributed by atoms with van der Waals surface area (Å²) in [7, 11) is 0. The van der Waals surface area contributed by atoms with Crippen molar-refractivity contribution in [3.05, 3.63) is 78.4 Å². The lowest BCUT2D eigenvalue weighted by Gasteiger charge is -2.42. The molecule has 2 N–H and O–H groups in total. The first-order valence-electron chi connectivity index (χ1n) is 11.6. The van der Waals surface area contributed by atoms with Crippen molar-refractivity contribution in [1.29, 1.82) is 0 Å². The smallest absolute Gasteiger partial charge is 0.154 e. The van der Waals surface area contributed by atoms with E-state index < -0.39 is 0 Å². The van der Waals surface area contributed by atoms with Crippen molar-refractivity contribution in [2.24, 2.45) is 11.1 Å². The first-order valence-corrected chi connectivity index (χ1v) is 11.6. The average molecular weight is 427 g/mol. The van der Waals surface area contributed by atoms with Crippen molar-refractivity contribution in [3.8, 4) is 11.3 Å². The highest BCUT2D eigenvalue weighted by atomic mass is 15.3. The zero-order valence-electron chi connectivity index (χ0n) is 18.8. The monoisotopic (exact) mass is 426 g/mol. The van der Waals surface area contributed by atoms with Gasteiger partial charge in [0.1, 0.15) is 5.52 Å². The Labute approximate surface area is 189 Å². The zero-order valence-corrected chi connectivity index (χ0v) is 18.8. The third-order valence-corrected chi connectivity index (χ3v) is 6.98. The van der Waals surface area contributed by atoms with Crippen molar-refractivity contribution < 1.29 is 0 Å². The summed E-state index contributed by atoms with van der Waals surface area (Å²) in [5.41, 5.74) is 12.4. The van der Waals surface area contributed by atoms with Crippen molar-refractivity contribution in [1.82, 2.24) is 19.6 Å². The number of hydrogen-bond acceptors (Lipinski definition) is 5. The largest absolute Gasteiger partial charge is 0.355 e. The Kier molecular flexibility index (Phi) is 5.39. The summed E-state index contributed by atoms with van der Waals surface area (Å²) in [6, 6.07) is 16.6. The fraction of sp³-hybridized carbons (Fsp3) is 0.346. The molecule has 2 aliphatic rings. The van der Waals surface area contributed by atoms with Gasteiger partial charge in [0, 0.05) is 36.6 Å². The Morgan fingerprint density at radius 1 is 0.938 bits per heavy atom. The van der Waals surface area contributed by atoms with Crippen molar-refractivity contribution in [3.63, 3.8) is 0 Å². The van der Waals surface area contributed by atoms with Gasteiger partial charge in [0.2, 0.25) is 0 Å². The Balaban J connectivity index is 0.00000105. The van der Waals surface area contributed by atoms with E-state index in [4.69, 9.17) is 10.7 Å². The maximum absolute atomic E-state index is 6.71. The molecule has 6 rings (SSSR count). The molecule has 4 heterocycles. The Morgan fingerprint density at radius 3 is 2.47 bits per heavy atom. The molecule has 164 valence electrons. The lowest BCUT2D eigenvalue weighted by molar-refractivity contribution is 0.187. The summed E-state index contributed by atoms with van der Waals surface area (Å²) in [4.78, 5) is 11.9. The van der Waals surface area contributed by atoms with Gasteiger partial charge in [-0.1, -0.05) is 50.2 Å². The molecule has 0 radical (unpaired) electrons. The van der Waals surface area contributed by atoms with Crippen LogP contribution in [0.5, 0.6) is 0 Å². The summed E-state index contributed by atoms with van der Waals surface area (Å²) in [6.45, 7) is 5.89. The molecule has 0 amide bonds. The van der Waals surface area contributed by atoms with E-state index in [0.29, 0.717) is 0 Å². The molecule has 1 spiro atoms. The van der Waals surface area contributed by atoms with E-state index in [1.165, 1.54) is 11.3 Å². The van der Waals surface area contributed by atoms with Crippen molar-refractivity contribution >= 4 is 11.3 Å². The van der Waals surface area contributed by atoms with Gasteiger partial charge in [-0.15, -0.1) is 0 Å². The van der Waals surface area contributed by atoms with Crippen molar-refractivity contribution in [2.45, 2.75) is 39.2 Å². The molecular weight excluding hydrogens is 396 g/mol. The molecule has 0 saturated carbocycles. The van der Waals surface area contributed by atoms with Gasteiger partial charge < -0.3 is 10.6 Å². The SMILES string of the molecule is CC.NC1c2cccnc2CC12CCN(c1ncc(-c3ccccc3)n3nccc13)CC2. The molecule has 1 aliphatic heterocycles. The third kappa shape index (κ3) is 3.26. The summed E-state index contributed by atoms with van der Waals surface area (Å²) < 4.78 is 2.00. The minimum absolute atomic E-state index is 0.0757. The van der Waals surface area contributed by atoms with E-state index in [-0.39, 0.29) is 11.5 Å². The first kappa shape index (κ1) is 20.6. The molecule has 3 aromatic heterocycles. The summed E-state index contributed by atoms with van der Waals surface area (Å²) in [5, 5.41) is 4.58. The predicted molar refractivity (Wildman–Crippen MR) is 129 cm³/mol. The van der Waals surface area contributed by atoms with E-state index in [2.05, 4.69) is 39.2 Å². The fourth-order valence-corrected chi connectivity index (χ4v) is 5.26. The lowest BCUT2D eigenvalue weighted by atomic mass is 9.73. The number of hydrogen-bond donors (Lipinski definition) is 1. The number of anilines is 1. The van der Waals surface area contributed by atoms with Crippen LogP contribution in [-0.4, -0.2) is 32.7 Å². The number of rotatable bonds is 2. The molecule has 1 aromatic carbocycles. The number of pyridine rings is 1. The van der Waals surface area contributed by atoms with Gasteiger partial charge in [-0.25, -0.2) is 9.50 Å². The maximum Gasteiger partial charge on any atom is 0.154 e. The zero-order chi connectivity index (χ0) is 22.1. The van der Waals surface area contributed by atoms with Crippen LogP contribution < -0.4 is 10.6 Å². The minimum atomic E-state index is 0.0757. The third-order valence-electron chi connectivity index (χ3n) is 6.98. The molecule has 1 atom stereocenters. The standard InChI is InChI=1S/C24H24N6.C2H6/c25-22-18-7-4-11-26-19(18)15-24(22)9-13-29(14-10-24)23-20-8-12-28-30(20)21(16-27-23)17-5-2-1-3-6-17;1-2/h1-8,11-12,16,22H,9-10,13-15,25H2;1-2H3. The highest BCUT2D eigenvalue weighted by molar-refractivity contribution is 5.73. The molecule has 1 unspecified atom stereocenters. The quantitative estimate of drug-likeness (QED) is 0.505. The molecule has 32 heavy (non-hydrogen) atoms. The molecule has 1 fully saturated rings. The van der Waals surface area contributed by atoms with Crippen LogP contribution in [0.1, 0.15) is 44.0 Å². The molecule has 6 heteroatoms. The molecule has 1 aliphatic carbocycles. The minimum Gasteiger partial charge on any atom is -0.355 e. The molecule has 4 aromatic rings. The van der Waals surface area contributed by atoms with E-state index in [1.54, 1.807) is 0 Å². The first-order chi connectivity index (χ1) is 15.8. The second-order valence-electron chi connectivity index (χ2n) is 8.50. The van der Waals surface area contributed by atoms with Gasteiger partial charge in [-0.3, -0.25) is 4.98 Å². The number of fused-ring (bicyclic) bond motifs is 2. The van der Waals surface area contributed by atoms with Gasteiger partial charge in [0.15, 0.2) is 5.82 Å². The normalized spacial score (nSPS) is 19.0. The molecular formula is C26H30N6. The number of nitrogens with zero attached hydrogens (tertiary/aromatic N) is 5. The Morgan fingerprint density at radius 2 is 1.72 bits per heavy atom. The van der Waals surface area contributed by atoms with Crippen molar-refractivity contribution in [2.75, 3.05) is 18.0 Å². The van der Waals surface area contributed by atoms with Gasteiger partial charge >= 0.3 is 0 Å². The van der Waals surface area contributed by atoms with Crippen LogP contribution >= 0.6 is 0 Å². The second kappa shape index (κ2) is 8.36. The molecule has 6 nitrogen and oxygen atoms in total. The van der Waals surface area contributed by atoms with E-state index in [9.17, 15) is 0 Å². The summed E-state index contributed by atoms with van der Waals surface area (Å²) >= 11 is 0. The number of piperidine rings is 1. The average Bonchev–Trinajstić information content (AvgIpc) is 3.45. The maximum atomic E-state index is 6.71. The topological polar surface area (TPSA) is 72.3 Å². The lowest BCUT2D eigenvalue weighted by Crippen LogP contribution is -2.44. The van der Waals surface area contributed by atoms with E-state index >= 15 is 0 Å². The fourth-order valence-electron chi connectivity index (χ4n) is 5.26. The summed E-state index contributed by atoms with van der Waals surface area (Å²) in [5.74, 6) is 1.00. The van der Waals surface area contributed by atoms with Gasteiger partial charge in [-0.2, -0.15) is 5.10 Å². The Hall–Kier alpha value is -3.25. The van der Waals surface area contributed by atoms with Crippen LogP contribution in [0.3, 0.4) is 0 Å². The Bertz CT molecular complexity index is 1210. The summed E-state index contributed by atoms with van der Waals surface area (Å²) in [6.07, 6.45) is 8.76. The van der Waals surface area contributed by atoms with Crippen LogP contribution in [0.4, 0.5) is 5.82 Å². The molecule has 0 bridgehead atoms. The highest BCUT2D eigenvalue weighted by Gasteiger charge is 2.46. The molecule has 1 saturated heterocycles.